The number of hydrogen-bond acceptors (Lipinski definition) is 2. The van der Waals surface area contributed by atoms with Crippen molar-refractivity contribution in [2.45, 2.75) is 25.7 Å². The third-order valence-corrected chi connectivity index (χ3v) is 3.72. The van der Waals surface area contributed by atoms with E-state index in [2.05, 4.69) is 24.1 Å². The van der Waals surface area contributed by atoms with Crippen LogP contribution in [0.5, 0.6) is 0 Å². The van der Waals surface area contributed by atoms with Gasteiger partial charge in [0.1, 0.15) is 0 Å². The topological polar surface area (TPSA) is 29.3 Å². The van der Waals surface area contributed by atoms with Crippen molar-refractivity contribution in [2.24, 2.45) is 5.92 Å². The summed E-state index contributed by atoms with van der Waals surface area (Å²) in [5, 5.41) is 0. The van der Waals surface area contributed by atoms with Crippen LogP contribution in [0.4, 0.5) is 5.69 Å². The second-order valence-corrected chi connectivity index (χ2v) is 4.98. The zero-order valence-corrected chi connectivity index (χ0v) is 10.2. The Morgan fingerprint density at radius 2 is 1.94 bits per heavy atom. The zero-order valence-electron chi connectivity index (χ0n) is 10.2. The lowest BCUT2D eigenvalue weighted by atomic mass is 9.90. The van der Waals surface area contributed by atoms with Crippen LogP contribution in [0.2, 0.25) is 0 Å². The summed E-state index contributed by atoms with van der Waals surface area (Å²) in [6, 6.07) is 8.25. The highest BCUT2D eigenvalue weighted by molar-refractivity contribution is 5.46. The Labute approximate surface area is 98.4 Å². The number of para-hydroxylation sites is 1. The van der Waals surface area contributed by atoms with Crippen molar-refractivity contribution in [2.75, 3.05) is 25.9 Å². The number of benzene rings is 1. The molecule has 0 aliphatic carbocycles. The van der Waals surface area contributed by atoms with Gasteiger partial charge in [0.25, 0.3) is 0 Å². The maximum Gasteiger partial charge on any atom is 0.0346 e. The first kappa shape index (κ1) is 11.5. The largest absolute Gasteiger partial charge is 0.399 e. The fraction of sp³-hybridized carbons (Fsp3) is 0.571. The number of rotatable bonds is 3. The van der Waals surface area contributed by atoms with Crippen molar-refractivity contribution in [3.63, 3.8) is 0 Å². The van der Waals surface area contributed by atoms with Gasteiger partial charge in [-0.15, -0.1) is 0 Å². The van der Waals surface area contributed by atoms with Crippen molar-refractivity contribution in [1.82, 2.24) is 4.90 Å². The Bertz CT molecular complexity index is 327. The molecule has 2 nitrogen and oxygen atoms in total. The van der Waals surface area contributed by atoms with Crippen LogP contribution in [0.3, 0.4) is 0 Å². The molecule has 0 radical (unpaired) electrons. The van der Waals surface area contributed by atoms with E-state index < -0.39 is 0 Å². The Kier molecular flexibility index (Phi) is 3.83. The van der Waals surface area contributed by atoms with Crippen LogP contribution in [0.15, 0.2) is 24.3 Å². The van der Waals surface area contributed by atoms with Crippen LogP contribution in [-0.4, -0.2) is 25.0 Å². The molecule has 2 heteroatoms. The van der Waals surface area contributed by atoms with Gasteiger partial charge < -0.3 is 10.6 Å². The van der Waals surface area contributed by atoms with Gasteiger partial charge in [0.2, 0.25) is 0 Å². The predicted molar refractivity (Wildman–Crippen MR) is 69.4 cm³/mol. The summed E-state index contributed by atoms with van der Waals surface area (Å²) in [7, 11) is 2.21. The molecule has 1 aromatic carbocycles. The highest BCUT2D eigenvalue weighted by Gasteiger charge is 2.16. The average molecular weight is 218 g/mol. The summed E-state index contributed by atoms with van der Waals surface area (Å²) in [5.74, 6) is 0.899. The average Bonchev–Trinajstić information content (AvgIpc) is 2.30. The number of likely N-dealkylation sites (tertiary alicyclic amines) is 1. The third-order valence-electron chi connectivity index (χ3n) is 3.72. The summed E-state index contributed by atoms with van der Waals surface area (Å²) >= 11 is 0. The Hall–Kier alpha value is -1.02. The van der Waals surface area contributed by atoms with E-state index in [1.54, 1.807) is 0 Å². The van der Waals surface area contributed by atoms with Crippen molar-refractivity contribution >= 4 is 5.69 Å². The molecule has 1 aromatic rings. The normalized spacial score (nSPS) is 18.8. The number of anilines is 1. The molecule has 1 heterocycles. The summed E-state index contributed by atoms with van der Waals surface area (Å²) < 4.78 is 0. The molecule has 0 amide bonds. The SMILES string of the molecule is CN1CCC(CCc2ccccc2N)CC1. The smallest absolute Gasteiger partial charge is 0.0346 e. The van der Waals surface area contributed by atoms with E-state index >= 15 is 0 Å². The quantitative estimate of drug-likeness (QED) is 0.790. The summed E-state index contributed by atoms with van der Waals surface area (Å²) in [6.07, 6.45) is 5.13. The van der Waals surface area contributed by atoms with E-state index in [1.807, 2.05) is 12.1 Å². The minimum absolute atomic E-state index is 0.899. The van der Waals surface area contributed by atoms with E-state index in [0.717, 1.165) is 18.0 Å². The molecule has 0 bridgehead atoms. The van der Waals surface area contributed by atoms with Crippen LogP contribution in [0.25, 0.3) is 0 Å². The molecule has 1 saturated heterocycles. The first-order valence-corrected chi connectivity index (χ1v) is 6.27. The minimum atomic E-state index is 0.899. The van der Waals surface area contributed by atoms with Crippen LogP contribution in [-0.2, 0) is 6.42 Å². The number of nitrogen functional groups attached to an aromatic ring is 1. The number of hydrogen-bond donors (Lipinski definition) is 1. The first-order chi connectivity index (χ1) is 7.75. The molecular weight excluding hydrogens is 196 g/mol. The highest BCUT2D eigenvalue weighted by atomic mass is 15.1. The van der Waals surface area contributed by atoms with Crippen LogP contribution < -0.4 is 5.73 Å². The molecule has 16 heavy (non-hydrogen) atoms. The maximum atomic E-state index is 5.95. The predicted octanol–water partition coefficient (Wildman–Crippen LogP) is 2.54. The van der Waals surface area contributed by atoms with Crippen molar-refractivity contribution in [3.05, 3.63) is 29.8 Å². The van der Waals surface area contributed by atoms with Gasteiger partial charge in [-0.3, -0.25) is 0 Å². The lowest BCUT2D eigenvalue weighted by Gasteiger charge is -2.28. The zero-order chi connectivity index (χ0) is 11.4. The molecule has 88 valence electrons. The van der Waals surface area contributed by atoms with Gasteiger partial charge in [-0.1, -0.05) is 18.2 Å². The monoisotopic (exact) mass is 218 g/mol. The van der Waals surface area contributed by atoms with Gasteiger partial charge in [0, 0.05) is 5.69 Å². The van der Waals surface area contributed by atoms with E-state index in [0.29, 0.717) is 0 Å². The standard InChI is InChI=1S/C14H22N2/c1-16-10-8-12(9-11-16)6-7-13-4-2-3-5-14(13)15/h2-5,12H,6-11,15H2,1H3. The molecule has 0 unspecified atom stereocenters. The number of aryl methyl sites for hydroxylation is 1. The Morgan fingerprint density at radius 1 is 1.25 bits per heavy atom. The summed E-state index contributed by atoms with van der Waals surface area (Å²) in [6.45, 7) is 2.52. The fourth-order valence-electron chi connectivity index (χ4n) is 2.47. The molecule has 1 aliphatic heterocycles. The Balaban J connectivity index is 1.81. The van der Waals surface area contributed by atoms with Crippen LogP contribution >= 0.6 is 0 Å². The molecular formula is C14H22N2. The number of nitrogens with two attached hydrogens (primary N) is 1. The molecule has 2 N–H and O–H groups in total. The van der Waals surface area contributed by atoms with Crippen molar-refractivity contribution in [1.29, 1.82) is 0 Å². The maximum absolute atomic E-state index is 5.95. The van der Waals surface area contributed by atoms with Crippen LogP contribution in [0, 0.1) is 5.92 Å². The van der Waals surface area contributed by atoms with E-state index in [1.165, 1.54) is 37.9 Å². The number of nitrogens with zero attached hydrogens (tertiary/aromatic N) is 1. The second kappa shape index (κ2) is 5.35. The van der Waals surface area contributed by atoms with E-state index in [-0.39, 0.29) is 0 Å². The van der Waals surface area contributed by atoms with Gasteiger partial charge in [-0.2, -0.15) is 0 Å². The lowest BCUT2D eigenvalue weighted by Crippen LogP contribution is -2.30. The summed E-state index contributed by atoms with van der Waals surface area (Å²) in [4.78, 5) is 2.42. The fourth-order valence-corrected chi connectivity index (χ4v) is 2.47. The van der Waals surface area contributed by atoms with Crippen molar-refractivity contribution in [3.8, 4) is 0 Å². The van der Waals surface area contributed by atoms with Crippen molar-refractivity contribution < 1.29 is 0 Å². The van der Waals surface area contributed by atoms with Gasteiger partial charge in [0.05, 0.1) is 0 Å². The van der Waals surface area contributed by atoms with Gasteiger partial charge >= 0.3 is 0 Å². The molecule has 0 spiro atoms. The molecule has 1 fully saturated rings. The second-order valence-electron chi connectivity index (χ2n) is 4.98. The van der Waals surface area contributed by atoms with E-state index in [4.69, 9.17) is 5.73 Å². The molecule has 2 rings (SSSR count). The van der Waals surface area contributed by atoms with E-state index in [9.17, 15) is 0 Å². The highest BCUT2D eigenvalue weighted by Crippen LogP contribution is 2.23. The summed E-state index contributed by atoms with van der Waals surface area (Å²) in [5.41, 5.74) is 8.22. The molecule has 0 saturated carbocycles. The first-order valence-electron chi connectivity index (χ1n) is 6.27. The molecule has 1 aliphatic rings. The van der Waals surface area contributed by atoms with Crippen LogP contribution in [0.1, 0.15) is 24.8 Å². The Morgan fingerprint density at radius 3 is 2.62 bits per heavy atom. The van der Waals surface area contributed by atoms with Gasteiger partial charge in [0.15, 0.2) is 0 Å². The molecule has 0 atom stereocenters. The molecule has 0 aromatic heterocycles. The van der Waals surface area contributed by atoms with Gasteiger partial charge in [-0.05, 0) is 63.4 Å². The van der Waals surface area contributed by atoms with Gasteiger partial charge in [-0.25, -0.2) is 0 Å². The third kappa shape index (κ3) is 2.99. The minimum Gasteiger partial charge on any atom is -0.399 e. The lowest BCUT2D eigenvalue weighted by molar-refractivity contribution is 0.212. The number of piperidine rings is 1.